The summed E-state index contributed by atoms with van der Waals surface area (Å²) < 4.78 is 16.9. The van der Waals surface area contributed by atoms with Gasteiger partial charge in [0.05, 0.1) is 0 Å². The molecule has 0 amide bonds. The molecule has 0 spiro atoms. The first kappa shape index (κ1) is 68.8. The summed E-state index contributed by atoms with van der Waals surface area (Å²) in [5, 5.41) is 0. The van der Waals surface area contributed by atoms with Crippen molar-refractivity contribution in [3.63, 3.8) is 0 Å². The van der Waals surface area contributed by atoms with Crippen LogP contribution in [0.3, 0.4) is 0 Å². The molecule has 0 saturated heterocycles. The van der Waals surface area contributed by atoms with Crippen molar-refractivity contribution in [3.05, 3.63) is 72.9 Å². The van der Waals surface area contributed by atoms with Crippen LogP contribution in [0.1, 0.15) is 310 Å². The Morgan fingerprint density at radius 2 is 0.542 bits per heavy atom. The molecule has 0 saturated carbocycles. The summed E-state index contributed by atoms with van der Waals surface area (Å²) >= 11 is 0. The van der Waals surface area contributed by atoms with Crippen molar-refractivity contribution in [3.8, 4) is 0 Å². The van der Waals surface area contributed by atoms with E-state index in [9.17, 15) is 14.4 Å². The zero-order valence-electron chi connectivity index (χ0n) is 47.7. The van der Waals surface area contributed by atoms with E-state index in [4.69, 9.17) is 14.2 Å². The Hall–Kier alpha value is -3.15. The Bertz CT molecular complexity index is 1340. The maximum atomic E-state index is 12.9. The van der Waals surface area contributed by atoms with Gasteiger partial charge in [0.25, 0.3) is 0 Å². The number of allylic oxidation sites excluding steroid dienone is 12. The first-order valence-electron chi connectivity index (χ1n) is 30.9. The molecule has 6 nitrogen and oxygen atoms in total. The number of rotatable bonds is 56. The first-order chi connectivity index (χ1) is 35.5. The summed E-state index contributed by atoms with van der Waals surface area (Å²) in [4.78, 5) is 38.3. The average molecular weight is 1010 g/mol. The number of ether oxygens (including phenoxy) is 3. The van der Waals surface area contributed by atoms with Crippen molar-refractivity contribution in [2.24, 2.45) is 0 Å². The lowest BCUT2D eigenvalue weighted by Crippen LogP contribution is -2.30. The van der Waals surface area contributed by atoms with E-state index in [0.717, 1.165) is 103 Å². The highest BCUT2D eigenvalue weighted by Gasteiger charge is 2.19. The van der Waals surface area contributed by atoms with Crippen LogP contribution in [0.25, 0.3) is 0 Å². The molecular weight excluding hydrogens is 889 g/mol. The SMILES string of the molecule is CC/C=C\C/C=C\C/C=C\CCCCCCCCCC(=O)OC(COC(=O)CCCCCCCC/C=C\C/C=C\C/C=C\CCCCCCC)COC(=O)CCCCCCCCCCCCCCCCCC. The predicted octanol–water partition coefficient (Wildman–Crippen LogP) is 20.9. The third-order valence-electron chi connectivity index (χ3n) is 13.4. The van der Waals surface area contributed by atoms with Gasteiger partial charge in [-0.05, 0) is 89.9 Å². The molecule has 1 unspecified atom stereocenters. The van der Waals surface area contributed by atoms with E-state index in [-0.39, 0.29) is 31.1 Å². The van der Waals surface area contributed by atoms with Crippen LogP contribution in [0.2, 0.25) is 0 Å². The maximum absolute atomic E-state index is 12.9. The van der Waals surface area contributed by atoms with Crippen LogP contribution in [0, 0.1) is 0 Å². The van der Waals surface area contributed by atoms with E-state index in [0.29, 0.717) is 19.3 Å². The van der Waals surface area contributed by atoms with Gasteiger partial charge in [0, 0.05) is 19.3 Å². The van der Waals surface area contributed by atoms with E-state index < -0.39 is 6.10 Å². The summed E-state index contributed by atoms with van der Waals surface area (Å²) in [7, 11) is 0. The minimum atomic E-state index is -0.786. The van der Waals surface area contributed by atoms with E-state index in [1.807, 2.05) is 0 Å². The molecule has 0 aromatic heterocycles. The lowest BCUT2D eigenvalue weighted by atomic mass is 10.0. The number of hydrogen-bond acceptors (Lipinski definition) is 6. The maximum Gasteiger partial charge on any atom is 0.306 e. The average Bonchev–Trinajstić information content (AvgIpc) is 3.38. The third-order valence-corrected chi connectivity index (χ3v) is 13.4. The monoisotopic (exact) mass is 1000 g/mol. The molecule has 1 atom stereocenters. The molecule has 0 heterocycles. The molecule has 0 aromatic carbocycles. The number of carbonyl (C=O) groups excluding carboxylic acids is 3. The van der Waals surface area contributed by atoms with E-state index in [1.54, 1.807) is 0 Å². The van der Waals surface area contributed by atoms with Crippen molar-refractivity contribution in [2.45, 2.75) is 316 Å². The molecule has 0 aliphatic heterocycles. The van der Waals surface area contributed by atoms with Gasteiger partial charge in [0.1, 0.15) is 13.2 Å². The number of carbonyl (C=O) groups is 3. The van der Waals surface area contributed by atoms with E-state index in [1.165, 1.54) is 167 Å². The molecular formula is C66H116O6. The summed E-state index contributed by atoms with van der Waals surface area (Å²) in [6.45, 7) is 6.54. The third kappa shape index (κ3) is 57.7. The fraction of sp³-hybridized carbons (Fsp3) is 0.773. The number of esters is 3. The van der Waals surface area contributed by atoms with Crippen LogP contribution in [0.4, 0.5) is 0 Å². The standard InChI is InChI=1S/C66H116O6/c1-4-7-10-13-16-19-22-25-28-31-32-33-34-36-38-41-44-47-50-53-56-59-65(68)71-62-63(61-70-64(67)58-55-52-49-46-43-40-37-30-27-24-21-18-15-12-9-6-3)72-66(69)60-57-54-51-48-45-42-39-35-29-26-23-20-17-14-11-8-5-2/h8,11,17,20,22,25-26,29,31-32,34,36,63H,4-7,9-10,12-16,18-19,21,23-24,27-28,30,33,35,37-62H2,1-3H3/b11-8-,20-17-,25-22-,29-26-,32-31-,36-34-. The smallest absolute Gasteiger partial charge is 0.306 e. The van der Waals surface area contributed by atoms with Gasteiger partial charge >= 0.3 is 17.9 Å². The molecule has 0 radical (unpaired) electrons. The summed E-state index contributed by atoms with van der Waals surface area (Å²) in [6.07, 6.45) is 77.5. The van der Waals surface area contributed by atoms with Gasteiger partial charge in [-0.1, -0.05) is 273 Å². The van der Waals surface area contributed by atoms with E-state index >= 15 is 0 Å². The topological polar surface area (TPSA) is 78.9 Å². The van der Waals surface area contributed by atoms with Crippen LogP contribution in [0.5, 0.6) is 0 Å². The Morgan fingerprint density at radius 3 is 0.847 bits per heavy atom. The van der Waals surface area contributed by atoms with Gasteiger partial charge < -0.3 is 14.2 Å². The lowest BCUT2D eigenvalue weighted by Gasteiger charge is -2.18. The fourth-order valence-corrected chi connectivity index (χ4v) is 8.82. The Kier molecular flexibility index (Phi) is 57.8. The second-order valence-electron chi connectivity index (χ2n) is 20.6. The summed E-state index contributed by atoms with van der Waals surface area (Å²) in [5.74, 6) is -0.890. The normalized spacial score (nSPS) is 12.5. The van der Waals surface area contributed by atoms with Gasteiger partial charge in [-0.25, -0.2) is 0 Å². The Morgan fingerprint density at radius 1 is 0.292 bits per heavy atom. The largest absolute Gasteiger partial charge is 0.462 e. The van der Waals surface area contributed by atoms with Crippen LogP contribution in [-0.2, 0) is 28.6 Å². The molecule has 0 N–H and O–H groups in total. The van der Waals surface area contributed by atoms with Gasteiger partial charge in [-0.15, -0.1) is 0 Å². The van der Waals surface area contributed by atoms with Crippen LogP contribution < -0.4 is 0 Å². The number of hydrogen-bond donors (Lipinski definition) is 0. The van der Waals surface area contributed by atoms with Crippen molar-refractivity contribution in [2.75, 3.05) is 13.2 Å². The molecule has 0 aliphatic rings. The molecule has 0 fully saturated rings. The highest BCUT2D eigenvalue weighted by atomic mass is 16.6. The highest BCUT2D eigenvalue weighted by Crippen LogP contribution is 2.16. The van der Waals surface area contributed by atoms with Crippen molar-refractivity contribution in [1.82, 2.24) is 0 Å². The molecule has 0 bridgehead atoms. The molecule has 416 valence electrons. The zero-order chi connectivity index (χ0) is 52.2. The molecule has 72 heavy (non-hydrogen) atoms. The minimum absolute atomic E-state index is 0.0813. The fourth-order valence-electron chi connectivity index (χ4n) is 8.82. The molecule has 0 rings (SSSR count). The second kappa shape index (κ2) is 60.4. The zero-order valence-corrected chi connectivity index (χ0v) is 47.7. The van der Waals surface area contributed by atoms with Gasteiger partial charge in [-0.2, -0.15) is 0 Å². The van der Waals surface area contributed by atoms with Gasteiger partial charge in [-0.3, -0.25) is 14.4 Å². The van der Waals surface area contributed by atoms with Gasteiger partial charge in [0.2, 0.25) is 0 Å². The van der Waals surface area contributed by atoms with Crippen LogP contribution in [-0.4, -0.2) is 37.2 Å². The number of unbranched alkanes of at least 4 members (excludes halogenated alkanes) is 33. The van der Waals surface area contributed by atoms with Crippen molar-refractivity contribution >= 4 is 17.9 Å². The van der Waals surface area contributed by atoms with E-state index in [2.05, 4.69) is 93.7 Å². The Balaban J connectivity index is 4.39. The Labute approximate surface area is 446 Å². The van der Waals surface area contributed by atoms with Crippen molar-refractivity contribution in [1.29, 1.82) is 0 Å². The predicted molar refractivity (Wildman–Crippen MR) is 311 cm³/mol. The minimum Gasteiger partial charge on any atom is -0.462 e. The molecule has 0 aliphatic carbocycles. The van der Waals surface area contributed by atoms with Crippen LogP contribution in [0.15, 0.2) is 72.9 Å². The van der Waals surface area contributed by atoms with Crippen molar-refractivity contribution < 1.29 is 28.6 Å². The molecule has 6 heteroatoms. The van der Waals surface area contributed by atoms with Gasteiger partial charge in [0.15, 0.2) is 6.10 Å². The summed E-state index contributed by atoms with van der Waals surface area (Å²) in [6, 6.07) is 0. The molecule has 0 aromatic rings. The first-order valence-corrected chi connectivity index (χ1v) is 30.9. The summed E-state index contributed by atoms with van der Waals surface area (Å²) in [5.41, 5.74) is 0. The second-order valence-corrected chi connectivity index (χ2v) is 20.6. The quantitative estimate of drug-likeness (QED) is 0.0261. The van der Waals surface area contributed by atoms with Crippen LogP contribution >= 0.6 is 0 Å². The highest BCUT2D eigenvalue weighted by molar-refractivity contribution is 5.71. The lowest BCUT2D eigenvalue weighted by molar-refractivity contribution is -0.167.